The SMILES string of the molecule is CNc1nc(C2CC2(C)C)ncc1Br. The van der Waals surface area contributed by atoms with E-state index in [1.54, 1.807) is 0 Å². The van der Waals surface area contributed by atoms with E-state index in [9.17, 15) is 0 Å². The fourth-order valence-electron chi connectivity index (χ4n) is 1.63. The van der Waals surface area contributed by atoms with E-state index in [1.165, 1.54) is 6.42 Å². The number of rotatable bonds is 2. The molecule has 0 amide bonds. The first-order valence-corrected chi connectivity index (χ1v) is 5.54. The molecule has 0 radical (unpaired) electrons. The van der Waals surface area contributed by atoms with Crippen LogP contribution in [0.2, 0.25) is 0 Å². The van der Waals surface area contributed by atoms with E-state index in [4.69, 9.17) is 0 Å². The van der Waals surface area contributed by atoms with E-state index in [-0.39, 0.29) is 0 Å². The Morgan fingerprint density at radius 1 is 1.57 bits per heavy atom. The van der Waals surface area contributed by atoms with Gasteiger partial charge in [0.2, 0.25) is 0 Å². The number of aromatic nitrogens is 2. The van der Waals surface area contributed by atoms with Crippen molar-refractivity contribution in [1.29, 1.82) is 0 Å². The van der Waals surface area contributed by atoms with Crippen LogP contribution in [0.1, 0.15) is 32.0 Å². The first-order valence-electron chi connectivity index (χ1n) is 4.75. The lowest BCUT2D eigenvalue weighted by Gasteiger charge is -2.06. The van der Waals surface area contributed by atoms with Crippen molar-refractivity contribution in [2.75, 3.05) is 12.4 Å². The van der Waals surface area contributed by atoms with Crippen molar-refractivity contribution in [3.05, 3.63) is 16.5 Å². The zero-order chi connectivity index (χ0) is 10.3. The predicted molar refractivity (Wildman–Crippen MR) is 60.4 cm³/mol. The van der Waals surface area contributed by atoms with Gasteiger partial charge < -0.3 is 5.32 Å². The number of hydrogen-bond donors (Lipinski definition) is 1. The third-order valence-electron chi connectivity index (χ3n) is 2.82. The van der Waals surface area contributed by atoms with Crippen LogP contribution in [0, 0.1) is 5.41 Å². The molecule has 1 aliphatic rings. The van der Waals surface area contributed by atoms with Crippen molar-refractivity contribution in [3.63, 3.8) is 0 Å². The minimum Gasteiger partial charge on any atom is -0.372 e. The van der Waals surface area contributed by atoms with Crippen LogP contribution in [-0.2, 0) is 0 Å². The van der Waals surface area contributed by atoms with Crippen molar-refractivity contribution in [2.24, 2.45) is 5.41 Å². The molecule has 1 aromatic heterocycles. The minimum atomic E-state index is 0.388. The number of nitrogens with one attached hydrogen (secondary N) is 1. The summed E-state index contributed by atoms with van der Waals surface area (Å²) in [6, 6.07) is 0. The van der Waals surface area contributed by atoms with Gasteiger partial charge in [-0.1, -0.05) is 13.8 Å². The van der Waals surface area contributed by atoms with Gasteiger partial charge in [0, 0.05) is 19.2 Å². The summed E-state index contributed by atoms with van der Waals surface area (Å²) in [4.78, 5) is 8.83. The molecular formula is C10H14BrN3. The van der Waals surface area contributed by atoms with Crippen LogP contribution in [-0.4, -0.2) is 17.0 Å². The number of hydrogen-bond acceptors (Lipinski definition) is 3. The van der Waals surface area contributed by atoms with E-state index < -0.39 is 0 Å². The first kappa shape index (κ1) is 9.90. The number of anilines is 1. The lowest BCUT2D eigenvalue weighted by atomic mass is 10.1. The average Bonchev–Trinajstić information content (AvgIpc) is 2.76. The van der Waals surface area contributed by atoms with Gasteiger partial charge in [-0.3, -0.25) is 0 Å². The molecule has 4 heteroatoms. The molecule has 2 rings (SSSR count). The van der Waals surface area contributed by atoms with Gasteiger partial charge in [0.15, 0.2) is 0 Å². The predicted octanol–water partition coefficient (Wildman–Crippen LogP) is 2.79. The van der Waals surface area contributed by atoms with Gasteiger partial charge in [0.05, 0.1) is 4.47 Å². The van der Waals surface area contributed by atoms with Gasteiger partial charge in [-0.05, 0) is 27.8 Å². The second-order valence-electron chi connectivity index (χ2n) is 4.42. The summed E-state index contributed by atoms with van der Waals surface area (Å²) in [6.07, 6.45) is 3.01. The molecule has 14 heavy (non-hydrogen) atoms. The molecule has 1 saturated carbocycles. The Morgan fingerprint density at radius 3 is 2.71 bits per heavy atom. The van der Waals surface area contributed by atoms with Crippen LogP contribution in [0.5, 0.6) is 0 Å². The Labute approximate surface area is 92.5 Å². The Balaban J connectivity index is 2.29. The standard InChI is InChI=1S/C10H14BrN3/c1-10(2)4-6(10)8-13-5-7(11)9(12-3)14-8/h5-6H,4H2,1-3H3,(H,12,13,14). The van der Waals surface area contributed by atoms with Gasteiger partial charge in [0.25, 0.3) is 0 Å². The van der Waals surface area contributed by atoms with Crippen LogP contribution in [0.25, 0.3) is 0 Å². The maximum Gasteiger partial charge on any atom is 0.143 e. The minimum absolute atomic E-state index is 0.388. The van der Waals surface area contributed by atoms with Crippen molar-refractivity contribution < 1.29 is 0 Å². The first-order chi connectivity index (χ1) is 6.54. The molecular weight excluding hydrogens is 242 g/mol. The van der Waals surface area contributed by atoms with E-state index in [2.05, 4.69) is 45.1 Å². The van der Waals surface area contributed by atoms with Crippen LogP contribution >= 0.6 is 15.9 Å². The maximum atomic E-state index is 4.48. The molecule has 1 N–H and O–H groups in total. The van der Waals surface area contributed by atoms with Gasteiger partial charge >= 0.3 is 0 Å². The van der Waals surface area contributed by atoms with Crippen LogP contribution in [0.4, 0.5) is 5.82 Å². The molecule has 0 aliphatic heterocycles. The highest BCUT2D eigenvalue weighted by Gasteiger charge is 2.48. The lowest BCUT2D eigenvalue weighted by Crippen LogP contribution is -2.01. The zero-order valence-corrected chi connectivity index (χ0v) is 10.2. The van der Waals surface area contributed by atoms with E-state index >= 15 is 0 Å². The quantitative estimate of drug-likeness (QED) is 0.884. The summed E-state index contributed by atoms with van der Waals surface area (Å²) >= 11 is 3.40. The third-order valence-corrected chi connectivity index (χ3v) is 3.40. The highest BCUT2D eigenvalue weighted by atomic mass is 79.9. The van der Waals surface area contributed by atoms with Gasteiger partial charge in [-0.2, -0.15) is 0 Å². The molecule has 1 atom stereocenters. The van der Waals surface area contributed by atoms with Gasteiger partial charge in [-0.25, -0.2) is 9.97 Å². The van der Waals surface area contributed by atoms with Crippen LogP contribution in [0.3, 0.4) is 0 Å². The van der Waals surface area contributed by atoms with Crippen molar-refractivity contribution in [3.8, 4) is 0 Å². The summed E-state index contributed by atoms with van der Waals surface area (Å²) in [6.45, 7) is 4.50. The van der Waals surface area contributed by atoms with E-state index in [0.29, 0.717) is 11.3 Å². The summed E-state index contributed by atoms with van der Waals surface area (Å²) in [5.74, 6) is 2.36. The average molecular weight is 256 g/mol. The topological polar surface area (TPSA) is 37.8 Å². The molecule has 0 bridgehead atoms. The highest BCUT2D eigenvalue weighted by molar-refractivity contribution is 9.10. The summed E-state index contributed by atoms with van der Waals surface area (Å²) in [5, 5.41) is 3.05. The second-order valence-corrected chi connectivity index (χ2v) is 5.27. The largest absolute Gasteiger partial charge is 0.372 e. The fraction of sp³-hybridized carbons (Fsp3) is 0.600. The second kappa shape index (κ2) is 3.19. The lowest BCUT2D eigenvalue weighted by molar-refractivity contribution is 0.608. The third kappa shape index (κ3) is 1.63. The molecule has 1 fully saturated rings. The molecule has 1 aromatic rings. The Bertz CT molecular complexity index is 362. The zero-order valence-electron chi connectivity index (χ0n) is 8.63. The van der Waals surface area contributed by atoms with Gasteiger partial charge in [0.1, 0.15) is 11.6 Å². The van der Waals surface area contributed by atoms with Crippen molar-refractivity contribution >= 4 is 21.7 Å². The van der Waals surface area contributed by atoms with Crippen LogP contribution in [0.15, 0.2) is 10.7 Å². The molecule has 3 nitrogen and oxygen atoms in total. The normalized spacial score (nSPS) is 23.3. The van der Waals surface area contributed by atoms with Crippen molar-refractivity contribution in [2.45, 2.75) is 26.2 Å². The molecule has 0 spiro atoms. The van der Waals surface area contributed by atoms with E-state index in [1.807, 2.05) is 13.2 Å². The van der Waals surface area contributed by atoms with Crippen LogP contribution < -0.4 is 5.32 Å². The monoisotopic (exact) mass is 255 g/mol. The molecule has 0 saturated heterocycles. The Hall–Kier alpha value is -0.640. The highest BCUT2D eigenvalue weighted by Crippen LogP contribution is 2.57. The maximum absolute atomic E-state index is 4.48. The molecule has 0 aromatic carbocycles. The summed E-state index contributed by atoms with van der Waals surface area (Å²) in [7, 11) is 1.87. The molecule has 1 unspecified atom stereocenters. The molecule has 1 aliphatic carbocycles. The van der Waals surface area contributed by atoms with Gasteiger partial charge in [-0.15, -0.1) is 0 Å². The summed E-state index contributed by atoms with van der Waals surface area (Å²) < 4.78 is 0.919. The number of nitrogens with zero attached hydrogens (tertiary/aromatic N) is 2. The Kier molecular flexibility index (Phi) is 2.26. The molecule has 1 heterocycles. The number of halogens is 1. The smallest absolute Gasteiger partial charge is 0.143 e. The van der Waals surface area contributed by atoms with Crippen molar-refractivity contribution in [1.82, 2.24) is 9.97 Å². The Morgan fingerprint density at radius 2 is 2.21 bits per heavy atom. The van der Waals surface area contributed by atoms with E-state index in [0.717, 1.165) is 16.1 Å². The summed E-state index contributed by atoms with van der Waals surface area (Å²) in [5.41, 5.74) is 0.388. The fourth-order valence-corrected chi connectivity index (χ4v) is 2.02. The molecule has 76 valence electrons.